The minimum absolute atomic E-state index is 0.157. The zero-order chi connectivity index (χ0) is 31.6. The first-order valence-electron chi connectivity index (χ1n) is 15.3. The predicted molar refractivity (Wildman–Crippen MR) is 177 cm³/mol. The van der Waals surface area contributed by atoms with Crippen molar-refractivity contribution in [2.45, 2.75) is 56.1 Å². The normalized spacial score (nSPS) is 14.2. The van der Waals surface area contributed by atoms with E-state index in [2.05, 4.69) is 5.32 Å². The Labute approximate surface area is 270 Å². The molecule has 0 radical (unpaired) electrons. The van der Waals surface area contributed by atoms with E-state index in [1.807, 2.05) is 72.8 Å². The fraction of sp³-hybridized carbons (Fsp3) is 0.278. The standard InChI is InChI=1S/C36H38ClN3O4S/c37-32-18-13-30(14-19-32)26-38-36(42)34(25-29-9-3-1-4-10-29)40(27-31-11-5-2-6-12-31)35(41)22-17-28-15-20-33(21-16-28)45(43,44)39-23-7-8-24-39/h1-6,9-16,18-21,34H,7-8,17,22-27H2,(H,38,42)/t34-/m1/s1. The second kappa shape index (κ2) is 15.3. The van der Waals surface area contributed by atoms with E-state index in [1.165, 1.54) is 4.31 Å². The van der Waals surface area contributed by atoms with Crippen molar-refractivity contribution in [2.24, 2.45) is 0 Å². The van der Waals surface area contributed by atoms with Crippen molar-refractivity contribution in [3.8, 4) is 0 Å². The quantitative estimate of drug-likeness (QED) is 0.193. The van der Waals surface area contributed by atoms with Crippen molar-refractivity contribution in [3.05, 3.63) is 136 Å². The molecule has 0 aromatic heterocycles. The van der Waals surface area contributed by atoms with Gasteiger partial charge in [0, 0.05) is 44.0 Å². The highest BCUT2D eigenvalue weighted by Crippen LogP contribution is 2.22. The maximum absolute atomic E-state index is 14.0. The van der Waals surface area contributed by atoms with Gasteiger partial charge in [-0.2, -0.15) is 4.31 Å². The number of carbonyl (C=O) groups is 2. The van der Waals surface area contributed by atoms with Gasteiger partial charge >= 0.3 is 0 Å². The largest absolute Gasteiger partial charge is 0.350 e. The van der Waals surface area contributed by atoms with Gasteiger partial charge in [-0.3, -0.25) is 9.59 Å². The SMILES string of the molecule is O=C(NCc1ccc(Cl)cc1)[C@@H](Cc1ccccc1)N(Cc1ccccc1)C(=O)CCc1ccc(S(=O)(=O)N2CCCC2)cc1. The minimum Gasteiger partial charge on any atom is -0.350 e. The Hall–Kier alpha value is -3.98. The molecule has 2 amide bonds. The summed E-state index contributed by atoms with van der Waals surface area (Å²) < 4.78 is 27.4. The fourth-order valence-corrected chi connectivity index (χ4v) is 7.19. The maximum Gasteiger partial charge on any atom is 0.243 e. The molecule has 0 unspecified atom stereocenters. The summed E-state index contributed by atoms with van der Waals surface area (Å²) in [6.07, 6.45) is 2.70. The molecule has 1 N–H and O–H groups in total. The van der Waals surface area contributed by atoms with Crippen LogP contribution in [0.2, 0.25) is 5.02 Å². The molecule has 1 aliphatic rings. The summed E-state index contributed by atoms with van der Waals surface area (Å²) in [5.41, 5.74) is 3.63. The van der Waals surface area contributed by atoms with Gasteiger partial charge in [-0.1, -0.05) is 96.5 Å². The molecule has 1 heterocycles. The Kier molecular flexibility index (Phi) is 11.1. The Balaban J connectivity index is 1.35. The Morgan fingerprint density at radius 1 is 0.756 bits per heavy atom. The van der Waals surface area contributed by atoms with Crippen LogP contribution >= 0.6 is 11.6 Å². The van der Waals surface area contributed by atoms with Gasteiger partial charge in [0.1, 0.15) is 6.04 Å². The number of halogens is 1. The first kappa shape index (κ1) is 32.4. The first-order chi connectivity index (χ1) is 21.8. The molecule has 7 nitrogen and oxygen atoms in total. The zero-order valence-corrected chi connectivity index (χ0v) is 26.7. The molecule has 0 aliphatic carbocycles. The number of carbonyl (C=O) groups excluding carboxylic acids is 2. The van der Waals surface area contributed by atoms with Crippen LogP contribution in [0.5, 0.6) is 0 Å². The molecule has 1 aliphatic heterocycles. The van der Waals surface area contributed by atoms with Crippen molar-refractivity contribution >= 4 is 33.4 Å². The maximum atomic E-state index is 14.0. The van der Waals surface area contributed by atoms with Crippen molar-refractivity contribution in [1.82, 2.24) is 14.5 Å². The van der Waals surface area contributed by atoms with Crippen molar-refractivity contribution in [3.63, 3.8) is 0 Å². The van der Waals surface area contributed by atoms with Crippen LogP contribution in [-0.2, 0) is 45.5 Å². The topological polar surface area (TPSA) is 86.8 Å². The van der Waals surface area contributed by atoms with Crippen molar-refractivity contribution in [1.29, 1.82) is 0 Å². The summed E-state index contributed by atoms with van der Waals surface area (Å²) in [5, 5.41) is 3.66. The van der Waals surface area contributed by atoms with Crippen LogP contribution in [-0.4, -0.2) is 48.6 Å². The third-order valence-corrected chi connectivity index (χ3v) is 10.3. The molecule has 0 spiro atoms. The van der Waals surface area contributed by atoms with E-state index in [1.54, 1.807) is 41.3 Å². The summed E-state index contributed by atoms with van der Waals surface area (Å²) >= 11 is 6.04. The highest BCUT2D eigenvalue weighted by Gasteiger charge is 2.30. The smallest absolute Gasteiger partial charge is 0.243 e. The Morgan fingerprint density at radius 3 is 1.96 bits per heavy atom. The second-order valence-corrected chi connectivity index (χ2v) is 13.7. The molecule has 4 aromatic rings. The lowest BCUT2D eigenvalue weighted by atomic mass is 10.0. The number of rotatable bonds is 13. The van der Waals surface area contributed by atoms with Crippen LogP contribution in [0, 0.1) is 0 Å². The van der Waals surface area contributed by atoms with Crippen LogP contribution in [0.4, 0.5) is 0 Å². The number of hydrogen-bond donors (Lipinski definition) is 1. The number of amides is 2. The molecule has 1 fully saturated rings. The van der Waals surface area contributed by atoms with Gasteiger partial charge in [0.15, 0.2) is 0 Å². The Morgan fingerprint density at radius 2 is 1.33 bits per heavy atom. The van der Waals surface area contributed by atoms with Gasteiger partial charge in [-0.15, -0.1) is 0 Å². The van der Waals surface area contributed by atoms with E-state index in [0.29, 0.717) is 37.5 Å². The van der Waals surface area contributed by atoms with Crippen molar-refractivity contribution in [2.75, 3.05) is 13.1 Å². The summed E-state index contributed by atoms with van der Waals surface area (Å²) in [4.78, 5) is 29.8. The lowest BCUT2D eigenvalue weighted by molar-refractivity contribution is -0.141. The highest BCUT2D eigenvalue weighted by atomic mass is 35.5. The van der Waals surface area contributed by atoms with E-state index in [0.717, 1.165) is 35.1 Å². The van der Waals surface area contributed by atoms with Crippen LogP contribution in [0.3, 0.4) is 0 Å². The summed E-state index contributed by atoms with van der Waals surface area (Å²) in [6, 6.07) is 32.7. The van der Waals surface area contributed by atoms with E-state index >= 15 is 0 Å². The van der Waals surface area contributed by atoms with Gasteiger partial charge in [0.25, 0.3) is 0 Å². The fourth-order valence-electron chi connectivity index (χ4n) is 5.54. The molecular formula is C36H38ClN3O4S. The molecule has 1 saturated heterocycles. The lowest BCUT2D eigenvalue weighted by Gasteiger charge is -2.31. The van der Waals surface area contributed by atoms with E-state index in [4.69, 9.17) is 11.6 Å². The average molecular weight is 644 g/mol. The number of hydrogen-bond acceptors (Lipinski definition) is 4. The van der Waals surface area contributed by atoms with Gasteiger partial charge in [-0.25, -0.2) is 8.42 Å². The molecule has 5 rings (SSSR count). The van der Waals surface area contributed by atoms with Crippen LogP contribution in [0.25, 0.3) is 0 Å². The molecule has 1 atom stereocenters. The van der Waals surface area contributed by atoms with Crippen LogP contribution in [0.15, 0.2) is 114 Å². The van der Waals surface area contributed by atoms with E-state index < -0.39 is 16.1 Å². The molecular weight excluding hydrogens is 606 g/mol. The molecule has 234 valence electrons. The number of aryl methyl sites for hydroxylation is 1. The third kappa shape index (κ3) is 8.81. The number of sulfonamides is 1. The van der Waals surface area contributed by atoms with Crippen molar-refractivity contribution < 1.29 is 18.0 Å². The summed E-state index contributed by atoms with van der Waals surface area (Å²) in [7, 11) is -3.51. The van der Waals surface area contributed by atoms with Crippen LogP contribution < -0.4 is 5.32 Å². The molecule has 0 bridgehead atoms. The molecule has 0 saturated carbocycles. The minimum atomic E-state index is -3.51. The summed E-state index contributed by atoms with van der Waals surface area (Å²) in [5.74, 6) is -0.398. The molecule has 4 aromatic carbocycles. The van der Waals surface area contributed by atoms with Gasteiger partial charge in [0.05, 0.1) is 4.90 Å². The number of benzene rings is 4. The second-order valence-electron chi connectivity index (χ2n) is 11.3. The zero-order valence-electron chi connectivity index (χ0n) is 25.1. The predicted octanol–water partition coefficient (Wildman–Crippen LogP) is 6.01. The lowest BCUT2D eigenvalue weighted by Crippen LogP contribution is -2.50. The monoisotopic (exact) mass is 643 g/mol. The van der Waals surface area contributed by atoms with Gasteiger partial charge in [-0.05, 0) is 65.8 Å². The first-order valence-corrected chi connectivity index (χ1v) is 17.1. The van der Waals surface area contributed by atoms with E-state index in [-0.39, 0.29) is 29.7 Å². The highest BCUT2D eigenvalue weighted by molar-refractivity contribution is 7.89. The number of nitrogens with zero attached hydrogens (tertiary/aromatic N) is 2. The summed E-state index contributed by atoms with van der Waals surface area (Å²) in [6.45, 7) is 1.68. The van der Waals surface area contributed by atoms with Gasteiger partial charge < -0.3 is 10.2 Å². The Bertz CT molecular complexity index is 1660. The third-order valence-electron chi connectivity index (χ3n) is 8.10. The molecule has 9 heteroatoms. The van der Waals surface area contributed by atoms with Crippen LogP contribution in [0.1, 0.15) is 41.5 Å². The average Bonchev–Trinajstić information content (AvgIpc) is 3.62. The number of nitrogens with one attached hydrogen (secondary N) is 1. The van der Waals surface area contributed by atoms with E-state index in [9.17, 15) is 18.0 Å². The molecule has 45 heavy (non-hydrogen) atoms. The van der Waals surface area contributed by atoms with Gasteiger partial charge in [0.2, 0.25) is 21.8 Å².